The van der Waals surface area contributed by atoms with Gasteiger partial charge in [0, 0.05) is 39.3 Å². The van der Waals surface area contributed by atoms with Gasteiger partial charge in [0.1, 0.15) is 0 Å². The summed E-state index contributed by atoms with van der Waals surface area (Å²) in [5.74, 6) is 0.269. The molecule has 0 aromatic carbocycles. The third kappa shape index (κ3) is 5.04. The normalized spacial score (nSPS) is 22.1. The summed E-state index contributed by atoms with van der Waals surface area (Å²) < 4.78 is 5.12. The molecule has 0 aromatic rings. The molecule has 2 fully saturated rings. The molecule has 20 heavy (non-hydrogen) atoms. The van der Waals surface area contributed by atoms with Gasteiger partial charge in [-0.05, 0) is 25.8 Å². The van der Waals surface area contributed by atoms with Crippen molar-refractivity contribution in [2.24, 2.45) is 0 Å². The number of carbonyl (C=O) groups excluding carboxylic acids is 1. The van der Waals surface area contributed by atoms with E-state index in [0.29, 0.717) is 12.6 Å². The van der Waals surface area contributed by atoms with Crippen molar-refractivity contribution in [1.82, 2.24) is 15.1 Å². The predicted octanol–water partition coefficient (Wildman–Crippen LogP) is 0.699. The maximum Gasteiger partial charge on any atom is 0.236 e. The number of ether oxygens (including phenoxy) is 1. The average Bonchev–Trinajstić information content (AvgIpc) is 2.87. The van der Waals surface area contributed by atoms with E-state index in [2.05, 4.69) is 10.2 Å². The van der Waals surface area contributed by atoms with E-state index in [-0.39, 0.29) is 5.91 Å². The lowest BCUT2D eigenvalue weighted by molar-refractivity contribution is -0.130. The van der Waals surface area contributed by atoms with Gasteiger partial charge >= 0.3 is 0 Å². The second-order valence-corrected chi connectivity index (χ2v) is 5.93. The fourth-order valence-corrected chi connectivity index (χ4v) is 3.14. The zero-order valence-corrected chi connectivity index (χ0v) is 12.8. The van der Waals surface area contributed by atoms with Crippen LogP contribution in [0.5, 0.6) is 0 Å². The molecule has 0 aromatic heterocycles. The second-order valence-electron chi connectivity index (χ2n) is 5.93. The molecule has 2 rings (SSSR count). The van der Waals surface area contributed by atoms with Crippen LogP contribution in [0.3, 0.4) is 0 Å². The molecule has 1 amide bonds. The number of nitrogens with zero attached hydrogens (tertiary/aromatic N) is 2. The van der Waals surface area contributed by atoms with Gasteiger partial charge in [0.25, 0.3) is 0 Å². The van der Waals surface area contributed by atoms with E-state index in [1.807, 2.05) is 4.90 Å². The smallest absolute Gasteiger partial charge is 0.236 e. The summed E-state index contributed by atoms with van der Waals surface area (Å²) in [6.07, 6.45) is 6.16. The van der Waals surface area contributed by atoms with E-state index in [4.69, 9.17) is 4.74 Å². The van der Waals surface area contributed by atoms with Crippen LogP contribution in [0.4, 0.5) is 0 Å². The van der Waals surface area contributed by atoms with E-state index >= 15 is 0 Å². The van der Waals surface area contributed by atoms with Crippen molar-refractivity contribution >= 4 is 5.91 Å². The van der Waals surface area contributed by atoms with Gasteiger partial charge in [-0.1, -0.05) is 12.8 Å². The maximum absolute atomic E-state index is 12.2. The summed E-state index contributed by atoms with van der Waals surface area (Å²) in [5.41, 5.74) is 0. The molecule has 116 valence electrons. The predicted molar refractivity (Wildman–Crippen MR) is 79.8 cm³/mol. The van der Waals surface area contributed by atoms with Crippen molar-refractivity contribution in [2.45, 2.75) is 38.1 Å². The Morgan fingerprint density at radius 1 is 1.15 bits per heavy atom. The largest absolute Gasteiger partial charge is 0.383 e. The summed E-state index contributed by atoms with van der Waals surface area (Å²) in [6.45, 7) is 6.06. The Morgan fingerprint density at radius 2 is 1.95 bits per heavy atom. The third-order valence-electron chi connectivity index (χ3n) is 4.45. The highest BCUT2D eigenvalue weighted by atomic mass is 16.5. The van der Waals surface area contributed by atoms with Gasteiger partial charge in [-0.2, -0.15) is 0 Å². The molecule has 0 radical (unpaired) electrons. The Bertz CT molecular complexity index is 293. The molecule has 1 saturated carbocycles. The first-order valence-corrected chi connectivity index (χ1v) is 8.02. The Kier molecular flexibility index (Phi) is 6.76. The molecular formula is C15H29N3O2. The van der Waals surface area contributed by atoms with Crippen molar-refractivity contribution in [3.8, 4) is 0 Å². The molecule has 2 aliphatic rings. The van der Waals surface area contributed by atoms with Crippen molar-refractivity contribution in [2.75, 3.05) is 53.0 Å². The Morgan fingerprint density at radius 3 is 2.70 bits per heavy atom. The molecule has 1 aliphatic heterocycles. The van der Waals surface area contributed by atoms with Crippen LogP contribution in [0.1, 0.15) is 32.1 Å². The Balaban J connectivity index is 1.67. The van der Waals surface area contributed by atoms with Gasteiger partial charge < -0.3 is 15.0 Å². The van der Waals surface area contributed by atoms with Gasteiger partial charge in [-0.3, -0.25) is 9.69 Å². The van der Waals surface area contributed by atoms with Gasteiger partial charge in [0.15, 0.2) is 0 Å². The van der Waals surface area contributed by atoms with Crippen molar-refractivity contribution in [1.29, 1.82) is 0 Å². The van der Waals surface area contributed by atoms with Crippen LogP contribution in [0.2, 0.25) is 0 Å². The quantitative estimate of drug-likeness (QED) is 0.779. The first-order valence-electron chi connectivity index (χ1n) is 8.02. The van der Waals surface area contributed by atoms with Crippen molar-refractivity contribution in [3.05, 3.63) is 0 Å². The summed E-state index contributed by atoms with van der Waals surface area (Å²) in [6, 6.07) is 0.573. The van der Waals surface area contributed by atoms with Gasteiger partial charge in [0.2, 0.25) is 5.91 Å². The lowest BCUT2D eigenvalue weighted by Crippen LogP contribution is -2.42. The first-order chi connectivity index (χ1) is 9.79. The number of nitrogens with one attached hydrogen (secondary N) is 1. The molecule has 0 bridgehead atoms. The van der Waals surface area contributed by atoms with Crippen LogP contribution in [-0.2, 0) is 9.53 Å². The molecule has 1 saturated heterocycles. The minimum absolute atomic E-state index is 0.269. The summed E-state index contributed by atoms with van der Waals surface area (Å²) in [5, 5.41) is 3.42. The van der Waals surface area contributed by atoms with E-state index in [9.17, 15) is 4.79 Å². The number of hydrogen-bond donors (Lipinski definition) is 1. The monoisotopic (exact) mass is 283 g/mol. The number of carbonyl (C=O) groups is 1. The Labute approximate surface area is 122 Å². The molecule has 1 heterocycles. The van der Waals surface area contributed by atoms with Crippen LogP contribution in [0, 0.1) is 0 Å². The molecule has 0 unspecified atom stereocenters. The lowest BCUT2D eigenvalue weighted by Gasteiger charge is -2.23. The second kappa shape index (κ2) is 8.60. The van der Waals surface area contributed by atoms with E-state index < -0.39 is 0 Å². The van der Waals surface area contributed by atoms with E-state index in [1.54, 1.807) is 7.11 Å². The number of rotatable bonds is 6. The van der Waals surface area contributed by atoms with Crippen LogP contribution in [0.15, 0.2) is 0 Å². The molecule has 0 spiro atoms. The fraction of sp³-hybridized carbons (Fsp3) is 0.933. The summed E-state index contributed by atoms with van der Waals surface area (Å²) >= 11 is 0. The minimum Gasteiger partial charge on any atom is -0.383 e. The van der Waals surface area contributed by atoms with Crippen molar-refractivity contribution < 1.29 is 9.53 Å². The zero-order chi connectivity index (χ0) is 14.2. The zero-order valence-electron chi connectivity index (χ0n) is 12.8. The topological polar surface area (TPSA) is 44.8 Å². The Hall–Kier alpha value is -0.650. The first kappa shape index (κ1) is 15.7. The van der Waals surface area contributed by atoms with Crippen LogP contribution in [-0.4, -0.2) is 74.7 Å². The maximum atomic E-state index is 12.2. The van der Waals surface area contributed by atoms with Crippen LogP contribution < -0.4 is 5.32 Å². The average molecular weight is 283 g/mol. The van der Waals surface area contributed by atoms with Crippen LogP contribution in [0.25, 0.3) is 0 Å². The fourth-order valence-electron chi connectivity index (χ4n) is 3.14. The van der Waals surface area contributed by atoms with Crippen LogP contribution >= 0.6 is 0 Å². The molecule has 1 N–H and O–H groups in total. The molecule has 5 nitrogen and oxygen atoms in total. The summed E-state index contributed by atoms with van der Waals surface area (Å²) in [7, 11) is 1.74. The number of amides is 1. The summed E-state index contributed by atoms with van der Waals surface area (Å²) in [4.78, 5) is 16.7. The molecular weight excluding hydrogens is 254 g/mol. The highest BCUT2D eigenvalue weighted by molar-refractivity contribution is 5.78. The standard InChI is InChI=1S/C15H29N3O2/c1-20-12-11-17-7-4-8-18(10-9-17)15(19)13-16-14-5-2-3-6-14/h14,16H,2-13H2,1H3. The minimum atomic E-state index is 0.269. The van der Waals surface area contributed by atoms with Crippen molar-refractivity contribution in [3.63, 3.8) is 0 Å². The highest BCUT2D eigenvalue weighted by Gasteiger charge is 2.20. The highest BCUT2D eigenvalue weighted by Crippen LogP contribution is 2.17. The number of methoxy groups -OCH3 is 1. The molecule has 1 aliphatic carbocycles. The van der Waals surface area contributed by atoms with Gasteiger partial charge in [-0.25, -0.2) is 0 Å². The van der Waals surface area contributed by atoms with Gasteiger partial charge in [0.05, 0.1) is 13.2 Å². The molecule has 0 atom stereocenters. The number of hydrogen-bond acceptors (Lipinski definition) is 4. The SMILES string of the molecule is COCCN1CCCN(C(=O)CNC2CCCC2)CC1. The van der Waals surface area contributed by atoms with Gasteiger partial charge in [-0.15, -0.1) is 0 Å². The van der Waals surface area contributed by atoms with E-state index in [1.165, 1.54) is 25.7 Å². The molecule has 5 heteroatoms. The van der Waals surface area contributed by atoms with E-state index in [0.717, 1.165) is 45.8 Å². The lowest BCUT2D eigenvalue weighted by atomic mass is 10.2. The third-order valence-corrected chi connectivity index (χ3v) is 4.45.